The van der Waals surface area contributed by atoms with E-state index < -0.39 is 18.1 Å². The van der Waals surface area contributed by atoms with Gasteiger partial charge in [-0.25, -0.2) is 9.59 Å². The Morgan fingerprint density at radius 1 is 0.911 bits per heavy atom. The van der Waals surface area contributed by atoms with E-state index in [0.29, 0.717) is 35.7 Å². The maximum absolute atomic E-state index is 12.9. The van der Waals surface area contributed by atoms with Gasteiger partial charge < -0.3 is 35.5 Å². The normalized spacial score (nSPS) is 11.6. The Hall–Kier alpha value is -3.96. The number of aliphatic hydroxyl groups is 2. The van der Waals surface area contributed by atoms with Gasteiger partial charge >= 0.3 is 12.0 Å². The summed E-state index contributed by atoms with van der Waals surface area (Å²) in [5.74, 6) is -0.561. The fourth-order valence-corrected chi connectivity index (χ4v) is 4.73. The van der Waals surface area contributed by atoms with Crippen LogP contribution >= 0.6 is 0 Å². The fourth-order valence-electron chi connectivity index (χ4n) is 4.73. The summed E-state index contributed by atoms with van der Waals surface area (Å²) in [5, 5.41) is 36.2. The molecule has 0 unspecified atom stereocenters. The number of benzene rings is 3. The number of amides is 2. The molecule has 0 spiro atoms. The quantitative estimate of drug-likeness (QED) is 0.0870. The van der Waals surface area contributed by atoms with Gasteiger partial charge in [0, 0.05) is 37.9 Å². The van der Waals surface area contributed by atoms with Crippen LogP contribution in [-0.4, -0.2) is 53.6 Å². The lowest BCUT2D eigenvalue weighted by Crippen LogP contribution is -2.36. The molecule has 1 atom stereocenters. The van der Waals surface area contributed by atoms with E-state index in [2.05, 4.69) is 10.6 Å². The Bertz CT molecular complexity index is 1330. The minimum Gasteiger partial charge on any atom is -0.508 e. The van der Waals surface area contributed by atoms with E-state index in [0.717, 1.165) is 74.3 Å². The van der Waals surface area contributed by atoms with Crippen LogP contribution in [0.2, 0.25) is 0 Å². The number of unbranched alkanes of at least 4 members (excludes halogenated alkanes) is 4. The van der Waals surface area contributed by atoms with Crippen LogP contribution in [0.5, 0.6) is 5.75 Å². The number of phenols is 1. The molecule has 0 fully saturated rings. The first kappa shape index (κ1) is 35.5. The second-order valence-electron chi connectivity index (χ2n) is 11.1. The van der Waals surface area contributed by atoms with Crippen molar-refractivity contribution in [2.75, 3.05) is 36.7 Å². The highest BCUT2D eigenvalue weighted by molar-refractivity contribution is 6.01. The number of hydrogen-bond donors (Lipinski definition) is 5. The molecule has 0 bridgehead atoms. The average Bonchev–Trinajstić information content (AvgIpc) is 3.03. The molecule has 10 nitrogen and oxygen atoms in total. The highest BCUT2D eigenvalue weighted by Gasteiger charge is 2.20. The zero-order chi connectivity index (χ0) is 32.4. The lowest BCUT2D eigenvalue weighted by atomic mass is 10.1. The van der Waals surface area contributed by atoms with Crippen LogP contribution < -0.4 is 15.7 Å². The van der Waals surface area contributed by atoms with Crippen molar-refractivity contribution in [1.82, 2.24) is 5.32 Å². The number of nitrogens with one attached hydrogen (secondary N) is 2. The van der Waals surface area contributed by atoms with Gasteiger partial charge in [0.05, 0.1) is 18.4 Å². The van der Waals surface area contributed by atoms with Gasteiger partial charge in [0.25, 0.3) is 0 Å². The van der Waals surface area contributed by atoms with Crippen LogP contribution in [-0.2, 0) is 27.4 Å². The molecule has 3 rings (SSSR count). The summed E-state index contributed by atoms with van der Waals surface area (Å²) in [6.45, 7) is 5.59. The average molecular weight is 622 g/mol. The molecular formula is C35H47N3O7. The molecule has 0 aliphatic carbocycles. The number of urea groups is 1. The molecule has 5 N–H and O–H groups in total. The second-order valence-corrected chi connectivity index (χ2v) is 11.1. The highest BCUT2D eigenvalue weighted by Crippen LogP contribution is 2.23. The predicted molar refractivity (Wildman–Crippen MR) is 175 cm³/mol. The minimum absolute atomic E-state index is 0.0278. The van der Waals surface area contributed by atoms with E-state index in [1.54, 1.807) is 30.3 Å². The van der Waals surface area contributed by atoms with Crippen molar-refractivity contribution in [3.05, 3.63) is 89.0 Å². The summed E-state index contributed by atoms with van der Waals surface area (Å²) >= 11 is 0. The third-order valence-corrected chi connectivity index (χ3v) is 7.24. The largest absolute Gasteiger partial charge is 0.508 e. The van der Waals surface area contributed by atoms with Crippen LogP contribution in [0.3, 0.4) is 0 Å². The number of aromatic hydroxyl groups is 1. The second kappa shape index (κ2) is 19.4. The Labute approximate surface area is 265 Å². The summed E-state index contributed by atoms with van der Waals surface area (Å²) < 4.78 is 5.81. The molecule has 0 aliphatic rings. The van der Waals surface area contributed by atoms with Crippen molar-refractivity contribution in [3.63, 3.8) is 0 Å². The number of hydroxylamine groups is 1. The molecule has 3 aromatic carbocycles. The molecular weight excluding hydrogens is 574 g/mol. The van der Waals surface area contributed by atoms with E-state index in [1.807, 2.05) is 37.3 Å². The van der Waals surface area contributed by atoms with Crippen LogP contribution in [0.25, 0.3) is 0 Å². The number of carbonyl (C=O) groups is 2. The molecule has 2 amide bonds. The monoisotopic (exact) mass is 621 g/mol. The van der Waals surface area contributed by atoms with E-state index in [-0.39, 0.29) is 12.4 Å². The number of ether oxygens (including phenoxy) is 1. The summed E-state index contributed by atoms with van der Waals surface area (Å²) in [7, 11) is 0. The van der Waals surface area contributed by atoms with Crippen molar-refractivity contribution in [2.45, 2.75) is 71.5 Å². The van der Waals surface area contributed by atoms with Crippen molar-refractivity contribution < 1.29 is 34.5 Å². The smallest absolute Gasteiger partial charge is 0.359 e. The maximum atomic E-state index is 12.9. The Morgan fingerprint density at radius 2 is 1.64 bits per heavy atom. The number of hydrogen-bond acceptors (Lipinski definition) is 8. The molecule has 0 saturated heterocycles. The molecule has 0 saturated carbocycles. The highest BCUT2D eigenvalue weighted by atomic mass is 16.7. The third kappa shape index (κ3) is 12.9. The molecule has 0 aliphatic heterocycles. The number of rotatable bonds is 18. The molecule has 0 heterocycles. The molecule has 45 heavy (non-hydrogen) atoms. The van der Waals surface area contributed by atoms with Crippen molar-refractivity contribution in [3.8, 4) is 5.75 Å². The van der Waals surface area contributed by atoms with Crippen LogP contribution in [0.15, 0.2) is 66.7 Å². The zero-order valence-corrected chi connectivity index (χ0v) is 26.3. The number of anilines is 2. The van der Waals surface area contributed by atoms with Crippen molar-refractivity contribution in [1.29, 1.82) is 0 Å². The maximum Gasteiger partial charge on any atom is 0.359 e. The van der Waals surface area contributed by atoms with Crippen molar-refractivity contribution in [2.24, 2.45) is 0 Å². The van der Waals surface area contributed by atoms with Gasteiger partial charge in [-0.05, 0) is 93.1 Å². The first-order valence-corrected chi connectivity index (χ1v) is 15.6. The van der Waals surface area contributed by atoms with Crippen LogP contribution in [0.4, 0.5) is 16.2 Å². The van der Waals surface area contributed by atoms with Gasteiger partial charge in [0.2, 0.25) is 0 Å². The lowest BCUT2D eigenvalue weighted by Gasteiger charge is -2.21. The number of aryl methyl sites for hydroxylation is 2. The summed E-state index contributed by atoms with van der Waals surface area (Å²) in [6.07, 6.45) is 6.11. The first-order chi connectivity index (χ1) is 21.8. The first-order valence-electron chi connectivity index (χ1n) is 15.6. The Balaban J connectivity index is 1.26. The standard InChI is InChI=1S/C35H47N3O7/c1-26-13-16-31(17-14-26)37-35(43)38(45-27(2)40)32-12-9-11-28(22-32)10-5-8-21-44-20-7-4-3-6-19-36-24-34(42)29-15-18-33(41)30(23-29)25-39/h9,11-18,22-23,34,36,39,41-42H,3-8,10,19-21,24-25H2,1-2H3,(H,37,43)/t34-/m1/s1. The Morgan fingerprint density at radius 3 is 2.38 bits per heavy atom. The minimum atomic E-state index is -0.695. The summed E-state index contributed by atoms with van der Waals surface area (Å²) in [4.78, 5) is 29.9. The van der Waals surface area contributed by atoms with Gasteiger partial charge in [0.1, 0.15) is 5.75 Å². The van der Waals surface area contributed by atoms with Gasteiger partial charge in [-0.2, -0.15) is 0 Å². The van der Waals surface area contributed by atoms with Crippen LogP contribution in [0.1, 0.15) is 73.8 Å². The lowest BCUT2D eigenvalue weighted by molar-refractivity contribution is -0.141. The fraction of sp³-hybridized carbons (Fsp3) is 0.429. The predicted octanol–water partition coefficient (Wildman–Crippen LogP) is 5.93. The van der Waals surface area contributed by atoms with E-state index >= 15 is 0 Å². The van der Waals surface area contributed by atoms with Gasteiger partial charge in [-0.15, -0.1) is 5.06 Å². The molecule has 244 valence electrons. The third-order valence-electron chi connectivity index (χ3n) is 7.24. The summed E-state index contributed by atoms with van der Waals surface area (Å²) in [5.41, 5.74) is 4.26. The van der Waals surface area contributed by atoms with E-state index in [9.17, 15) is 24.9 Å². The molecule has 3 aromatic rings. The van der Waals surface area contributed by atoms with Crippen molar-refractivity contribution >= 4 is 23.4 Å². The van der Waals surface area contributed by atoms with Gasteiger partial charge in [-0.1, -0.05) is 48.7 Å². The molecule has 0 radical (unpaired) electrons. The SMILES string of the molecule is CC(=O)ON(C(=O)Nc1ccc(C)cc1)c1cccc(CCCCOCCCCCCNC[C@@H](O)c2ccc(O)c(CO)c2)c1. The number of aliphatic hydroxyl groups excluding tert-OH is 2. The number of carbonyl (C=O) groups excluding carboxylic acids is 2. The molecule has 0 aromatic heterocycles. The summed E-state index contributed by atoms with van der Waals surface area (Å²) in [6, 6.07) is 19.0. The van der Waals surface area contributed by atoms with E-state index in [4.69, 9.17) is 9.57 Å². The zero-order valence-electron chi connectivity index (χ0n) is 26.3. The number of nitrogens with zero attached hydrogens (tertiary/aromatic N) is 1. The Kier molecular flexibility index (Phi) is 15.3. The van der Waals surface area contributed by atoms with Gasteiger partial charge in [0.15, 0.2) is 0 Å². The topological polar surface area (TPSA) is 141 Å². The van der Waals surface area contributed by atoms with Crippen LogP contribution in [0, 0.1) is 6.92 Å². The molecule has 10 heteroatoms. The van der Waals surface area contributed by atoms with E-state index in [1.165, 1.54) is 13.0 Å². The van der Waals surface area contributed by atoms with Gasteiger partial charge in [-0.3, -0.25) is 0 Å².